The van der Waals surface area contributed by atoms with Crippen molar-refractivity contribution >= 4 is 11.9 Å². The van der Waals surface area contributed by atoms with Crippen molar-refractivity contribution in [3.63, 3.8) is 0 Å². The molecule has 0 amide bonds. The lowest BCUT2D eigenvalue weighted by molar-refractivity contribution is -0.161. The Morgan fingerprint density at radius 2 is 0.729 bits per heavy atom. The first-order valence-corrected chi connectivity index (χ1v) is 23.9. The van der Waals surface area contributed by atoms with E-state index in [9.17, 15) is 14.7 Å². The first-order chi connectivity index (χ1) is 29.1. The van der Waals surface area contributed by atoms with Gasteiger partial charge in [-0.3, -0.25) is 9.59 Å². The summed E-state index contributed by atoms with van der Waals surface area (Å²) in [5.41, 5.74) is 0. The molecular weight excluding hydrogens is 729 g/mol. The Bertz CT molecular complexity index is 1200. The SMILES string of the molecule is CC/C=C\C/C=C\C/C=C\C/C=C\C/C=C\C/C=C\C/C=C\CCCCCCCCCCCC(=O)OC(CO)COC(=O)CCCCCCC/C=C\C/C=C\CCCC. The fourth-order valence-electron chi connectivity index (χ4n) is 6.20. The molecule has 0 aliphatic carbocycles. The van der Waals surface area contributed by atoms with E-state index in [4.69, 9.17) is 9.47 Å². The molecule has 1 unspecified atom stereocenters. The highest BCUT2D eigenvalue weighted by molar-refractivity contribution is 5.70. The number of rotatable bonds is 42. The van der Waals surface area contributed by atoms with Crippen molar-refractivity contribution in [1.29, 1.82) is 0 Å². The zero-order chi connectivity index (χ0) is 42.8. The molecule has 1 N–H and O–H groups in total. The number of hydrogen-bond donors (Lipinski definition) is 1. The minimum atomic E-state index is -0.788. The first kappa shape index (κ1) is 55.6. The van der Waals surface area contributed by atoms with Crippen LogP contribution in [0.4, 0.5) is 0 Å². The molecule has 0 fully saturated rings. The molecular formula is C54H88O5. The molecule has 0 aliphatic heterocycles. The molecule has 5 nitrogen and oxygen atoms in total. The number of unbranched alkanes of at least 4 members (excludes halogenated alkanes) is 16. The highest BCUT2D eigenvalue weighted by Crippen LogP contribution is 2.13. The van der Waals surface area contributed by atoms with Gasteiger partial charge in [0.1, 0.15) is 6.61 Å². The highest BCUT2D eigenvalue weighted by Gasteiger charge is 2.16. The maximum absolute atomic E-state index is 12.2. The van der Waals surface area contributed by atoms with Crippen molar-refractivity contribution in [2.75, 3.05) is 13.2 Å². The molecule has 0 radical (unpaired) electrons. The maximum Gasteiger partial charge on any atom is 0.306 e. The molecule has 334 valence electrons. The quantitative estimate of drug-likeness (QED) is 0.0377. The van der Waals surface area contributed by atoms with Gasteiger partial charge >= 0.3 is 11.9 Å². The zero-order valence-corrected chi connectivity index (χ0v) is 38.0. The van der Waals surface area contributed by atoms with E-state index in [0.717, 1.165) is 103 Å². The van der Waals surface area contributed by atoms with Gasteiger partial charge in [0, 0.05) is 12.8 Å². The predicted molar refractivity (Wildman–Crippen MR) is 255 cm³/mol. The van der Waals surface area contributed by atoms with E-state index >= 15 is 0 Å². The molecule has 0 saturated carbocycles. The third-order valence-electron chi connectivity index (χ3n) is 9.80. The van der Waals surface area contributed by atoms with Crippen LogP contribution in [0.25, 0.3) is 0 Å². The molecule has 0 bridgehead atoms. The smallest absolute Gasteiger partial charge is 0.306 e. The monoisotopic (exact) mass is 817 g/mol. The fourth-order valence-corrected chi connectivity index (χ4v) is 6.20. The highest BCUT2D eigenvalue weighted by atomic mass is 16.6. The van der Waals surface area contributed by atoms with Crippen LogP contribution in [0.1, 0.15) is 200 Å². The molecule has 0 aromatic carbocycles. The molecule has 0 aromatic heterocycles. The summed E-state index contributed by atoms with van der Waals surface area (Å²) < 4.78 is 10.6. The van der Waals surface area contributed by atoms with E-state index in [0.29, 0.717) is 12.8 Å². The molecule has 0 aromatic rings. The van der Waals surface area contributed by atoms with Crippen molar-refractivity contribution in [2.24, 2.45) is 0 Å². The Kier molecular flexibility index (Phi) is 46.1. The molecule has 0 heterocycles. The van der Waals surface area contributed by atoms with Crippen LogP contribution in [-0.4, -0.2) is 36.4 Å². The number of aliphatic hydroxyl groups is 1. The van der Waals surface area contributed by atoms with Gasteiger partial charge in [-0.05, 0) is 96.3 Å². The Labute approximate surface area is 363 Å². The lowest BCUT2D eigenvalue weighted by Gasteiger charge is -2.15. The second-order valence-corrected chi connectivity index (χ2v) is 15.4. The summed E-state index contributed by atoms with van der Waals surface area (Å²) in [5.74, 6) is -0.622. The van der Waals surface area contributed by atoms with Crippen LogP contribution in [0.15, 0.2) is 109 Å². The van der Waals surface area contributed by atoms with E-state index in [1.165, 1.54) is 70.6 Å². The molecule has 0 saturated heterocycles. The summed E-state index contributed by atoms with van der Waals surface area (Å²) in [6.07, 6.45) is 70.3. The van der Waals surface area contributed by atoms with Crippen LogP contribution < -0.4 is 0 Å². The fraction of sp³-hybridized carbons (Fsp3) is 0.630. The van der Waals surface area contributed by atoms with Crippen molar-refractivity contribution in [3.05, 3.63) is 109 Å². The van der Waals surface area contributed by atoms with Gasteiger partial charge in [0.2, 0.25) is 0 Å². The summed E-state index contributed by atoms with van der Waals surface area (Å²) >= 11 is 0. The summed E-state index contributed by atoms with van der Waals surface area (Å²) in [5, 5.41) is 9.60. The van der Waals surface area contributed by atoms with Gasteiger partial charge < -0.3 is 14.6 Å². The Morgan fingerprint density at radius 1 is 0.407 bits per heavy atom. The Morgan fingerprint density at radius 3 is 1.10 bits per heavy atom. The standard InChI is InChI=1S/C54H88O5/c1-3-5-7-9-11-13-15-17-19-20-21-22-23-24-25-26-27-28-29-30-31-32-33-34-35-37-39-41-43-45-47-49-54(57)59-52(50-55)51-58-53(56)48-46-44-42-40-38-36-18-16-14-12-10-8-6-4-2/h5,7,10-13,16-19,21-22,24-25,27-28,30-31,52,55H,3-4,6,8-9,14-15,20,23,26,29,32-51H2,1-2H3/b7-5-,12-10-,13-11-,18-16-,19-17-,22-21-,25-24-,28-27-,31-30-. The van der Waals surface area contributed by atoms with E-state index in [1.54, 1.807) is 0 Å². The van der Waals surface area contributed by atoms with Crippen LogP contribution in [-0.2, 0) is 19.1 Å². The molecule has 0 aliphatic rings. The number of aliphatic hydroxyl groups excluding tert-OH is 1. The van der Waals surface area contributed by atoms with Gasteiger partial charge in [-0.1, -0.05) is 200 Å². The molecule has 0 spiro atoms. The van der Waals surface area contributed by atoms with Crippen molar-refractivity contribution in [1.82, 2.24) is 0 Å². The van der Waals surface area contributed by atoms with Crippen LogP contribution in [0, 0.1) is 0 Å². The van der Waals surface area contributed by atoms with Gasteiger partial charge in [-0.25, -0.2) is 0 Å². The number of carbonyl (C=O) groups is 2. The normalized spacial score (nSPS) is 13.2. The molecule has 0 rings (SSSR count). The Hall–Kier alpha value is -3.44. The topological polar surface area (TPSA) is 72.8 Å². The minimum absolute atomic E-state index is 0.0815. The summed E-state index contributed by atoms with van der Waals surface area (Å²) in [7, 11) is 0. The summed E-state index contributed by atoms with van der Waals surface area (Å²) in [6, 6.07) is 0. The van der Waals surface area contributed by atoms with Crippen LogP contribution in [0.3, 0.4) is 0 Å². The van der Waals surface area contributed by atoms with Gasteiger partial charge in [0.25, 0.3) is 0 Å². The third-order valence-corrected chi connectivity index (χ3v) is 9.80. The number of esters is 2. The van der Waals surface area contributed by atoms with E-state index in [2.05, 4.69) is 123 Å². The number of allylic oxidation sites excluding steroid dienone is 18. The molecule has 59 heavy (non-hydrogen) atoms. The van der Waals surface area contributed by atoms with Crippen molar-refractivity contribution in [3.8, 4) is 0 Å². The van der Waals surface area contributed by atoms with Crippen LogP contribution in [0.2, 0.25) is 0 Å². The van der Waals surface area contributed by atoms with Crippen LogP contribution in [0.5, 0.6) is 0 Å². The van der Waals surface area contributed by atoms with Gasteiger partial charge in [0.05, 0.1) is 6.61 Å². The summed E-state index contributed by atoms with van der Waals surface area (Å²) in [4.78, 5) is 24.4. The molecule has 5 heteroatoms. The van der Waals surface area contributed by atoms with Gasteiger partial charge in [-0.2, -0.15) is 0 Å². The number of carbonyl (C=O) groups excluding carboxylic acids is 2. The first-order valence-electron chi connectivity index (χ1n) is 23.9. The summed E-state index contributed by atoms with van der Waals surface area (Å²) in [6.45, 7) is 3.95. The zero-order valence-electron chi connectivity index (χ0n) is 38.0. The average molecular weight is 817 g/mol. The number of hydrogen-bond acceptors (Lipinski definition) is 5. The maximum atomic E-state index is 12.2. The second-order valence-electron chi connectivity index (χ2n) is 15.4. The second kappa shape index (κ2) is 48.9. The number of ether oxygens (including phenoxy) is 2. The molecule has 1 atom stereocenters. The van der Waals surface area contributed by atoms with Crippen molar-refractivity contribution < 1.29 is 24.2 Å². The van der Waals surface area contributed by atoms with E-state index in [1.807, 2.05) is 0 Å². The third kappa shape index (κ3) is 47.1. The van der Waals surface area contributed by atoms with Gasteiger partial charge in [0.15, 0.2) is 6.10 Å². The van der Waals surface area contributed by atoms with E-state index in [-0.39, 0.29) is 25.2 Å². The lowest BCUT2D eigenvalue weighted by Crippen LogP contribution is -2.28. The van der Waals surface area contributed by atoms with Crippen LogP contribution >= 0.6 is 0 Å². The average Bonchev–Trinajstić information content (AvgIpc) is 3.24. The van der Waals surface area contributed by atoms with E-state index < -0.39 is 6.10 Å². The largest absolute Gasteiger partial charge is 0.462 e. The lowest BCUT2D eigenvalue weighted by atomic mass is 10.1. The van der Waals surface area contributed by atoms with Crippen molar-refractivity contribution in [2.45, 2.75) is 206 Å². The van der Waals surface area contributed by atoms with Gasteiger partial charge in [-0.15, -0.1) is 0 Å². The minimum Gasteiger partial charge on any atom is -0.462 e. The Balaban J connectivity index is 3.60. The predicted octanol–water partition coefficient (Wildman–Crippen LogP) is 15.8.